The topological polar surface area (TPSA) is 103 Å². The van der Waals surface area contributed by atoms with Gasteiger partial charge in [0.05, 0.1) is 0 Å². The van der Waals surface area contributed by atoms with Gasteiger partial charge in [0.1, 0.15) is 11.6 Å². The van der Waals surface area contributed by atoms with Gasteiger partial charge in [-0.15, -0.1) is 10.2 Å². The first-order valence-electron chi connectivity index (χ1n) is 6.24. The number of hydrogen-bond acceptors (Lipinski definition) is 7. The molecule has 0 aromatic carbocycles. The van der Waals surface area contributed by atoms with E-state index in [-0.39, 0.29) is 12.5 Å². The van der Waals surface area contributed by atoms with Crippen molar-refractivity contribution in [2.75, 3.05) is 5.32 Å². The molecule has 8 nitrogen and oxygen atoms in total. The maximum Gasteiger partial charge on any atom is 0.421 e. The molecule has 3 heterocycles. The number of hydrogen-bond donors (Lipinski definition) is 1. The number of aryl methyl sites for hydroxylation is 1. The number of aromatic nitrogens is 4. The van der Waals surface area contributed by atoms with Gasteiger partial charge in [-0.1, -0.05) is 18.3 Å². The molecule has 0 aliphatic rings. The molecule has 0 unspecified atom stereocenters. The smallest absolute Gasteiger partial charge is 0.406 e. The van der Waals surface area contributed by atoms with Crippen molar-refractivity contribution in [2.24, 2.45) is 0 Å². The molecule has 9 heteroatoms. The monoisotopic (exact) mass is 305 g/mol. The summed E-state index contributed by atoms with van der Waals surface area (Å²) in [6.07, 6.45) is 2.28. The standard InChI is InChI=1S/C12H11N5O3S/c1-2-9-15-16-11(21-9)14-8(18)6-17-10-7(20-12(17)19)4-3-5-13-10/h3-5H,2,6H2,1H3,(H,14,16,18). The highest BCUT2D eigenvalue weighted by Crippen LogP contribution is 2.15. The van der Waals surface area contributed by atoms with Crippen molar-refractivity contribution in [1.82, 2.24) is 19.7 Å². The first kappa shape index (κ1) is 13.4. The van der Waals surface area contributed by atoms with Gasteiger partial charge >= 0.3 is 5.76 Å². The summed E-state index contributed by atoms with van der Waals surface area (Å²) in [6, 6.07) is 3.28. The molecule has 0 saturated heterocycles. The Hall–Kier alpha value is -2.55. The van der Waals surface area contributed by atoms with Crippen LogP contribution in [-0.4, -0.2) is 25.7 Å². The zero-order chi connectivity index (χ0) is 14.8. The molecule has 1 N–H and O–H groups in total. The first-order chi connectivity index (χ1) is 10.2. The maximum absolute atomic E-state index is 12.0. The van der Waals surface area contributed by atoms with E-state index < -0.39 is 5.76 Å². The lowest BCUT2D eigenvalue weighted by molar-refractivity contribution is -0.116. The summed E-state index contributed by atoms with van der Waals surface area (Å²) >= 11 is 1.30. The first-order valence-corrected chi connectivity index (χ1v) is 7.05. The molecular weight excluding hydrogens is 294 g/mol. The van der Waals surface area contributed by atoms with E-state index in [2.05, 4.69) is 20.5 Å². The van der Waals surface area contributed by atoms with Crippen molar-refractivity contribution in [1.29, 1.82) is 0 Å². The molecule has 0 spiro atoms. The Morgan fingerprint density at radius 3 is 3.10 bits per heavy atom. The van der Waals surface area contributed by atoms with E-state index in [1.807, 2.05) is 6.92 Å². The summed E-state index contributed by atoms with van der Waals surface area (Å²) in [6.45, 7) is 1.76. The molecule has 0 aliphatic heterocycles. The molecule has 0 bridgehead atoms. The van der Waals surface area contributed by atoms with E-state index in [9.17, 15) is 9.59 Å². The van der Waals surface area contributed by atoms with Gasteiger partial charge in [0, 0.05) is 6.20 Å². The molecule has 3 aromatic rings. The molecule has 3 aromatic heterocycles. The number of nitrogens with zero attached hydrogens (tertiary/aromatic N) is 4. The Bertz CT molecular complexity index is 850. The van der Waals surface area contributed by atoms with Crippen LogP contribution in [0.2, 0.25) is 0 Å². The van der Waals surface area contributed by atoms with E-state index in [0.29, 0.717) is 16.4 Å². The van der Waals surface area contributed by atoms with Crippen LogP contribution in [0.15, 0.2) is 27.5 Å². The second-order valence-corrected chi connectivity index (χ2v) is 5.24. The number of carbonyl (C=O) groups is 1. The minimum atomic E-state index is -0.620. The van der Waals surface area contributed by atoms with Crippen LogP contribution in [0.4, 0.5) is 5.13 Å². The van der Waals surface area contributed by atoms with E-state index >= 15 is 0 Å². The Morgan fingerprint density at radius 2 is 2.33 bits per heavy atom. The number of rotatable bonds is 4. The number of amides is 1. The Kier molecular flexibility index (Phi) is 3.48. The van der Waals surface area contributed by atoms with Crippen LogP contribution in [0.25, 0.3) is 11.2 Å². The summed E-state index contributed by atoms with van der Waals surface area (Å²) in [7, 11) is 0. The van der Waals surface area contributed by atoms with E-state index in [0.717, 1.165) is 11.4 Å². The van der Waals surface area contributed by atoms with Gasteiger partial charge in [-0.3, -0.25) is 10.1 Å². The van der Waals surface area contributed by atoms with Crippen LogP contribution in [0, 0.1) is 0 Å². The summed E-state index contributed by atoms with van der Waals surface area (Å²) in [5.74, 6) is -1.00. The van der Waals surface area contributed by atoms with Gasteiger partial charge in [0.25, 0.3) is 0 Å². The van der Waals surface area contributed by atoms with E-state index in [1.54, 1.807) is 12.1 Å². The molecule has 1 amide bonds. The van der Waals surface area contributed by atoms with Crippen LogP contribution in [-0.2, 0) is 17.8 Å². The van der Waals surface area contributed by atoms with Gasteiger partial charge < -0.3 is 4.42 Å². The Balaban J connectivity index is 1.80. The van der Waals surface area contributed by atoms with Crippen LogP contribution >= 0.6 is 11.3 Å². The highest BCUT2D eigenvalue weighted by atomic mass is 32.1. The second-order valence-electron chi connectivity index (χ2n) is 4.18. The lowest BCUT2D eigenvalue weighted by atomic mass is 10.4. The summed E-state index contributed by atoms with van der Waals surface area (Å²) < 4.78 is 6.18. The third-order valence-corrected chi connectivity index (χ3v) is 3.72. The molecule has 0 fully saturated rings. The van der Waals surface area contributed by atoms with Gasteiger partial charge in [-0.2, -0.15) is 0 Å². The number of oxazole rings is 1. The minimum Gasteiger partial charge on any atom is -0.406 e. The van der Waals surface area contributed by atoms with Crippen molar-refractivity contribution < 1.29 is 9.21 Å². The Morgan fingerprint density at radius 1 is 1.48 bits per heavy atom. The molecular formula is C12H11N5O3S. The highest BCUT2D eigenvalue weighted by Gasteiger charge is 2.14. The number of fused-ring (bicyclic) bond motifs is 1. The average molecular weight is 305 g/mol. The van der Waals surface area contributed by atoms with Crippen molar-refractivity contribution >= 4 is 33.6 Å². The molecule has 0 aliphatic carbocycles. The van der Waals surface area contributed by atoms with E-state index in [1.165, 1.54) is 22.1 Å². The predicted molar refractivity (Wildman–Crippen MR) is 76.2 cm³/mol. The zero-order valence-corrected chi connectivity index (χ0v) is 11.9. The highest BCUT2D eigenvalue weighted by molar-refractivity contribution is 7.15. The van der Waals surface area contributed by atoms with Gasteiger partial charge in [0.15, 0.2) is 11.2 Å². The number of nitrogens with one attached hydrogen (secondary N) is 1. The number of anilines is 1. The average Bonchev–Trinajstić information content (AvgIpc) is 3.04. The summed E-state index contributed by atoms with van der Waals surface area (Å²) in [4.78, 5) is 27.7. The second kappa shape index (κ2) is 5.44. The van der Waals surface area contributed by atoms with Crippen LogP contribution in [0.3, 0.4) is 0 Å². The Labute approximate surface area is 122 Å². The lowest BCUT2D eigenvalue weighted by Gasteiger charge is -2.01. The zero-order valence-electron chi connectivity index (χ0n) is 11.1. The van der Waals surface area contributed by atoms with Crippen LogP contribution in [0.1, 0.15) is 11.9 Å². The molecule has 3 rings (SSSR count). The maximum atomic E-state index is 12.0. The fourth-order valence-electron chi connectivity index (χ4n) is 1.79. The minimum absolute atomic E-state index is 0.191. The fourth-order valence-corrected chi connectivity index (χ4v) is 2.48. The van der Waals surface area contributed by atoms with Crippen molar-refractivity contribution in [3.8, 4) is 0 Å². The molecule has 21 heavy (non-hydrogen) atoms. The van der Waals surface area contributed by atoms with E-state index in [4.69, 9.17) is 4.42 Å². The third kappa shape index (κ3) is 2.68. The fraction of sp³-hybridized carbons (Fsp3) is 0.250. The molecule has 0 atom stereocenters. The van der Waals surface area contributed by atoms with Crippen molar-refractivity contribution in [2.45, 2.75) is 19.9 Å². The van der Waals surface area contributed by atoms with Gasteiger partial charge in [-0.05, 0) is 18.6 Å². The largest absolute Gasteiger partial charge is 0.421 e. The van der Waals surface area contributed by atoms with Crippen LogP contribution < -0.4 is 11.1 Å². The normalized spacial score (nSPS) is 10.9. The van der Waals surface area contributed by atoms with Crippen LogP contribution in [0.5, 0.6) is 0 Å². The lowest BCUT2D eigenvalue weighted by Crippen LogP contribution is -2.25. The van der Waals surface area contributed by atoms with Crippen molar-refractivity contribution in [3.05, 3.63) is 33.9 Å². The number of pyridine rings is 1. The SMILES string of the molecule is CCc1nnc(NC(=O)Cn2c(=O)oc3cccnc32)s1. The van der Waals surface area contributed by atoms with Gasteiger partial charge in [0.2, 0.25) is 11.0 Å². The third-order valence-electron chi connectivity index (χ3n) is 2.74. The van der Waals surface area contributed by atoms with Gasteiger partial charge in [-0.25, -0.2) is 14.3 Å². The molecule has 0 radical (unpaired) electrons. The molecule has 0 saturated carbocycles. The summed E-state index contributed by atoms with van der Waals surface area (Å²) in [5, 5.41) is 11.6. The summed E-state index contributed by atoms with van der Waals surface area (Å²) in [5.41, 5.74) is 0.684. The van der Waals surface area contributed by atoms with Crippen molar-refractivity contribution in [3.63, 3.8) is 0 Å². The number of carbonyl (C=O) groups excluding carboxylic acids is 1. The predicted octanol–water partition coefficient (Wildman–Crippen LogP) is 1.04. The molecule has 108 valence electrons. The quantitative estimate of drug-likeness (QED) is 0.772.